The molecule has 0 heterocycles. The number of unbranched alkanes of at least 4 members (excludes halogenated alkanes) is 1. The minimum Gasteiger partial charge on any atom is -0.516 e. The highest BCUT2D eigenvalue weighted by atomic mass is 16.3. The van der Waals surface area contributed by atoms with Gasteiger partial charge in [0.05, 0.1) is 6.26 Å². The number of allylic oxidation sites excluding steroid dienone is 1. The Morgan fingerprint density at radius 3 is 2.57 bits per heavy atom. The molecule has 0 aliphatic heterocycles. The average Bonchev–Trinajstić information content (AvgIpc) is 1.69. The van der Waals surface area contributed by atoms with E-state index >= 15 is 0 Å². The van der Waals surface area contributed by atoms with E-state index in [1.807, 2.05) is 0 Å². The predicted molar refractivity (Wildman–Crippen MR) is 28.1 cm³/mol. The van der Waals surface area contributed by atoms with E-state index < -0.39 is 0 Å². The van der Waals surface area contributed by atoms with Gasteiger partial charge < -0.3 is 10.2 Å². The van der Waals surface area contributed by atoms with E-state index in [1.165, 1.54) is 0 Å². The minimum absolute atomic E-state index is 0.199. The molecule has 0 aliphatic carbocycles. The number of hydrogen-bond donors (Lipinski definition) is 2. The Bertz CT molecular complexity index is 50.0. The fourth-order valence-electron chi connectivity index (χ4n) is 0.284. The fourth-order valence-corrected chi connectivity index (χ4v) is 0.284. The zero-order valence-corrected chi connectivity index (χ0v) is 4.17. The average molecular weight is 102 g/mol. The van der Waals surface area contributed by atoms with Crippen LogP contribution in [0, 0.1) is 0 Å². The van der Waals surface area contributed by atoms with Gasteiger partial charge in [-0.1, -0.05) is 6.08 Å². The molecule has 0 spiro atoms. The molecule has 0 unspecified atom stereocenters. The van der Waals surface area contributed by atoms with Gasteiger partial charge in [-0.2, -0.15) is 0 Å². The van der Waals surface area contributed by atoms with Crippen LogP contribution in [0.2, 0.25) is 0 Å². The van der Waals surface area contributed by atoms with Crippen molar-refractivity contribution in [3.05, 3.63) is 12.3 Å². The molecule has 0 rings (SSSR count). The standard InChI is InChI=1S/C5H10O2/c6-4-2-1-3-5-7/h2,4,6-7H,1,3,5H2. The quantitative estimate of drug-likeness (QED) is 0.409. The van der Waals surface area contributed by atoms with Crippen LogP contribution in [-0.2, 0) is 0 Å². The summed E-state index contributed by atoms with van der Waals surface area (Å²) in [4.78, 5) is 0. The van der Waals surface area contributed by atoms with E-state index in [0.29, 0.717) is 0 Å². The Kier molecular flexibility index (Phi) is 5.11. The van der Waals surface area contributed by atoms with Crippen LogP contribution in [0.25, 0.3) is 0 Å². The molecule has 0 atom stereocenters. The van der Waals surface area contributed by atoms with Crippen LogP contribution >= 0.6 is 0 Å². The maximum Gasteiger partial charge on any atom is 0.0751 e. The molecular formula is C5H10O2. The number of aliphatic hydroxyl groups is 2. The normalized spacial score (nSPS) is 10.4. The fraction of sp³-hybridized carbons (Fsp3) is 0.600. The monoisotopic (exact) mass is 102 g/mol. The lowest BCUT2D eigenvalue weighted by molar-refractivity contribution is 0.289. The summed E-state index contributed by atoms with van der Waals surface area (Å²) in [5.74, 6) is 0. The topological polar surface area (TPSA) is 40.5 Å². The minimum atomic E-state index is 0.199. The third-order valence-electron chi connectivity index (χ3n) is 0.634. The lowest BCUT2D eigenvalue weighted by atomic mass is 10.3. The summed E-state index contributed by atoms with van der Waals surface area (Å²) in [6.07, 6.45) is 4.09. The van der Waals surface area contributed by atoms with Crippen LogP contribution in [0.1, 0.15) is 12.8 Å². The molecule has 2 N–H and O–H groups in total. The molecule has 2 nitrogen and oxygen atoms in total. The van der Waals surface area contributed by atoms with Gasteiger partial charge in [-0.15, -0.1) is 0 Å². The summed E-state index contributed by atoms with van der Waals surface area (Å²) in [7, 11) is 0. The molecule has 0 aromatic rings. The molecule has 0 saturated carbocycles. The second-order valence-electron chi connectivity index (χ2n) is 1.25. The van der Waals surface area contributed by atoms with E-state index in [2.05, 4.69) is 0 Å². The molecule has 0 radical (unpaired) electrons. The van der Waals surface area contributed by atoms with Crippen LogP contribution in [0.4, 0.5) is 0 Å². The molecule has 0 amide bonds. The van der Waals surface area contributed by atoms with Crippen LogP contribution in [0.3, 0.4) is 0 Å². The van der Waals surface area contributed by atoms with Crippen LogP contribution < -0.4 is 0 Å². The molecule has 0 saturated heterocycles. The second kappa shape index (κ2) is 5.50. The highest BCUT2D eigenvalue weighted by molar-refractivity contribution is 4.70. The summed E-state index contributed by atoms with van der Waals surface area (Å²) in [6, 6.07) is 0. The van der Waals surface area contributed by atoms with Gasteiger partial charge in [0.25, 0.3) is 0 Å². The Morgan fingerprint density at radius 2 is 2.14 bits per heavy atom. The summed E-state index contributed by atoms with van der Waals surface area (Å²) < 4.78 is 0. The van der Waals surface area contributed by atoms with Crippen molar-refractivity contribution in [2.24, 2.45) is 0 Å². The largest absolute Gasteiger partial charge is 0.516 e. The third kappa shape index (κ3) is 5.50. The van der Waals surface area contributed by atoms with Crippen molar-refractivity contribution in [1.29, 1.82) is 0 Å². The first-order chi connectivity index (χ1) is 3.41. The molecule has 7 heavy (non-hydrogen) atoms. The summed E-state index contributed by atoms with van der Waals surface area (Å²) in [5, 5.41) is 16.2. The first-order valence-corrected chi connectivity index (χ1v) is 2.32. The van der Waals surface area contributed by atoms with Crippen molar-refractivity contribution < 1.29 is 10.2 Å². The molecule has 0 fully saturated rings. The number of aliphatic hydroxyl groups excluding tert-OH is 2. The molecule has 2 heteroatoms. The van der Waals surface area contributed by atoms with E-state index in [0.717, 1.165) is 19.1 Å². The van der Waals surface area contributed by atoms with Crippen LogP contribution in [-0.4, -0.2) is 16.8 Å². The molecule has 0 aromatic carbocycles. The lowest BCUT2D eigenvalue weighted by Gasteiger charge is -1.83. The first-order valence-electron chi connectivity index (χ1n) is 2.32. The number of hydrogen-bond acceptors (Lipinski definition) is 2. The SMILES string of the molecule is OC=CCCCO. The zero-order valence-electron chi connectivity index (χ0n) is 4.17. The Morgan fingerprint density at radius 1 is 1.43 bits per heavy atom. The van der Waals surface area contributed by atoms with Crippen molar-refractivity contribution in [2.45, 2.75) is 12.8 Å². The zero-order chi connectivity index (χ0) is 5.54. The smallest absolute Gasteiger partial charge is 0.0751 e. The van der Waals surface area contributed by atoms with E-state index in [9.17, 15) is 0 Å². The van der Waals surface area contributed by atoms with Gasteiger partial charge in [0.15, 0.2) is 0 Å². The van der Waals surface area contributed by atoms with Crippen molar-refractivity contribution >= 4 is 0 Å². The second-order valence-corrected chi connectivity index (χ2v) is 1.25. The lowest BCUT2D eigenvalue weighted by Crippen LogP contribution is -1.77. The molecular weight excluding hydrogens is 92.1 g/mol. The van der Waals surface area contributed by atoms with Crippen LogP contribution in [0.15, 0.2) is 12.3 Å². The maximum absolute atomic E-state index is 8.18. The van der Waals surface area contributed by atoms with Gasteiger partial charge in [-0.3, -0.25) is 0 Å². The predicted octanol–water partition coefficient (Wildman–Crippen LogP) is 0.831. The summed E-state index contributed by atoms with van der Waals surface area (Å²) in [6.45, 7) is 0.199. The number of rotatable bonds is 3. The van der Waals surface area contributed by atoms with Gasteiger partial charge in [-0.25, -0.2) is 0 Å². The summed E-state index contributed by atoms with van der Waals surface area (Å²) in [5.41, 5.74) is 0. The Hall–Kier alpha value is -0.500. The highest BCUT2D eigenvalue weighted by Crippen LogP contribution is 1.85. The van der Waals surface area contributed by atoms with Crippen molar-refractivity contribution in [3.8, 4) is 0 Å². The molecule has 42 valence electrons. The molecule has 0 aromatic heterocycles. The van der Waals surface area contributed by atoms with Crippen LogP contribution in [0.5, 0.6) is 0 Å². The Labute approximate surface area is 43.1 Å². The van der Waals surface area contributed by atoms with Crippen molar-refractivity contribution in [2.75, 3.05) is 6.61 Å². The van der Waals surface area contributed by atoms with Gasteiger partial charge in [0, 0.05) is 6.61 Å². The van der Waals surface area contributed by atoms with E-state index in [1.54, 1.807) is 6.08 Å². The Balaban J connectivity index is 2.69. The van der Waals surface area contributed by atoms with E-state index in [-0.39, 0.29) is 6.61 Å². The van der Waals surface area contributed by atoms with Gasteiger partial charge in [0.2, 0.25) is 0 Å². The third-order valence-corrected chi connectivity index (χ3v) is 0.634. The molecule has 0 bridgehead atoms. The van der Waals surface area contributed by atoms with Gasteiger partial charge in [-0.05, 0) is 12.8 Å². The van der Waals surface area contributed by atoms with E-state index in [4.69, 9.17) is 10.2 Å². The first kappa shape index (κ1) is 6.50. The maximum atomic E-state index is 8.18. The van der Waals surface area contributed by atoms with Gasteiger partial charge in [0.1, 0.15) is 0 Å². The highest BCUT2D eigenvalue weighted by Gasteiger charge is 1.74. The van der Waals surface area contributed by atoms with Gasteiger partial charge >= 0.3 is 0 Å². The van der Waals surface area contributed by atoms with Crippen molar-refractivity contribution in [3.63, 3.8) is 0 Å². The summed E-state index contributed by atoms with van der Waals surface area (Å²) >= 11 is 0. The van der Waals surface area contributed by atoms with Crippen molar-refractivity contribution in [1.82, 2.24) is 0 Å². The molecule has 0 aliphatic rings.